The minimum Gasteiger partial charge on any atom is -0.354 e. The van der Waals surface area contributed by atoms with E-state index in [0.29, 0.717) is 23.2 Å². The SMILES string of the molecule is CCCCC1CCC(C(=O)NCCN2C(=O)CSC2=S)CC1. The van der Waals surface area contributed by atoms with Crippen LogP contribution in [-0.2, 0) is 9.59 Å². The Balaban J connectivity index is 1.64. The number of nitrogens with zero attached hydrogens (tertiary/aromatic N) is 1. The summed E-state index contributed by atoms with van der Waals surface area (Å²) < 4.78 is 0.635. The Kier molecular flexibility index (Phi) is 7.15. The lowest BCUT2D eigenvalue weighted by Crippen LogP contribution is -2.40. The number of thiocarbonyl (C=S) groups is 1. The van der Waals surface area contributed by atoms with Crippen molar-refractivity contribution < 1.29 is 9.59 Å². The first kappa shape index (κ1) is 17.7. The molecule has 124 valence electrons. The van der Waals surface area contributed by atoms with Gasteiger partial charge in [-0.25, -0.2) is 0 Å². The average molecular weight is 343 g/mol. The first-order chi connectivity index (χ1) is 10.6. The lowest BCUT2D eigenvalue weighted by Gasteiger charge is -2.28. The third kappa shape index (κ3) is 4.95. The molecule has 2 fully saturated rings. The van der Waals surface area contributed by atoms with Crippen molar-refractivity contribution in [1.82, 2.24) is 10.2 Å². The van der Waals surface area contributed by atoms with Gasteiger partial charge in [0.25, 0.3) is 0 Å². The molecule has 0 spiro atoms. The largest absolute Gasteiger partial charge is 0.354 e. The van der Waals surface area contributed by atoms with Crippen LogP contribution in [0.25, 0.3) is 0 Å². The Morgan fingerprint density at radius 1 is 1.36 bits per heavy atom. The highest BCUT2D eigenvalue weighted by atomic mass is 32.2. The molecule has 1 saturated carbocycles. The van der Waals surface area contributed by atoms with E-state index < -0.39 is 0 Å². The van der Waals surface area contributed by atoms with Gasteiger partial charge in [0.15, 0.2) is 0 Å². The predicted octanol–water partition coefficient (Wildman–Crippen LogP) is 2.96. The molecular formula is C16H26N2O2S2. The smallest absolute Gasteiger partial charge is 0.238 e. The zero-order chi connectivity index (χ0) is 15.9. The molecule has 6 heteroatoms. The van der Waals surface area contributed by atoms with Crippen molar-refractivity contribution in [3.8, 4) is 0 Å². The molecule has 1 heterocycles. The van der Waals surface area contributed by atoms with Crippen molar-refractivity contribution in [2.45, 2.75) is 51.9 Å². The van der Waals surface area contributed by atoms with E-state index in [2.05, 4.69) is 12.2 Å². The lowest BCUT2D eigenvalue weighted by molar-refractivity contribution is -0.127. The van der Waals surface area contributed by atoms with Crippen molar-refractivity contribution in [3.05, 3.63) is 0 Å². The summed E-state index contributed by atoms with van der Waals surface area (Å²) in [6.07, 6.45) is 8.28. The van der Waals surface area contributed by atoms with E-state index in [4.69, 9.17) is 12.2 Å². The monoisotopic (exact) mass is 342 g/mol. The number of unbranched alkanes of at least 4 members (excludes halogenated alkanes) is 1. The molecule has 4 nitrogen and oxygen atoms in total. The summed E-state index contributed by atoms with van der Waals surface area (Å²) in [6, 6.07) is 0. The van der Waals surface area contributed by atoms with E-state index >= 15 is 0 Å². The highest BCUT2D eigenvalue weighted by molar-refractivity contribution is 8.23. The second-order valence-corrected chi connectivity index (χ2v) is 7.86. The summed E-state index contributed by atoms with van der Waals surface area (Å²) in [6.45, 7) is 3.23. The van der Waals surface area contributed by atoms with Gasteiger partial charge in [-0.2, -0.15) is 0 Å². The molecule has 0 radical (unpaired) electrons. The predicted molar refractivity (Wildman–Crippen MR) is 94.8 cm³/mol. The van der Waals surface area contributed by atoms with Crippen LogP contribution in [-0.4, -0.2) is 39.9 Å². The Labute approximate surface area is 142 Å². The Hall–Kier alpha value is -0.620. The minimum absolute atomic E-state index is 0.0562. The van der Waals surface area contributed by atoms with Crippen LogP contribution in [0.3, 0.4) is 0 Å². The van der Waals surface area contributed by atoms with E-state index in [9.17, 15) is 9.59 Å². The van der Waals surface area contributed by atoms with Crippen LogP contribution < -0.4 is 5.32 Å². The summed E-state index contributed by atoms with van der Waals surface area (Å²) in [5.41, 5.74) is 0. The van der Waals surface area contributed by atoms with Crippen molar-refractivity contribution >= 4 is 40.1 Å². The topological polar surface area (TPSA) is 49.4 Å². The van der Waals surface area contributed by atoms with Gasteiger partial charge in [-0.1, -0.05) is 50.2 Å². The van der Waals surface area contributed by atoms with Crippen LogP contribution in [0.15, 0.2) is 0 Å². The molecule has 0 bridgehead atoms. The van der Waals surface area contributed by atoms with Crippen LogP contribution in [0.5, 0.6) is 0 Å². The first-order valence-corrected chi connectivity index (χ1v) is 9.76. The van der Waals surface area contributed by atoms with Crippen LogP contribution in [0.1, 0.15) is 51.9 Å². The molecule has 2 rings (SSSR count). The molecule has 0 aromatic carbocycles. The molecule has 1 aliphatic heterocycles. The van der Waals surface area contributed by atoms with E-state index in [0.717, 1.165) is 18.8 Å². The van der Waals surface area contributed by atoms with E-state index in [-0.39, 0.29) is 17.7 Å². The van der Waals surface area contributed by atoms with Gasteiger partial charge < -0.3 is 5.32 Å². The van der Waals surface area contributed by atoms with E-state index in [1.165, 1.54) is 43.9 Å². The molecule has 1 saturated heterocycles. The maximum absolute atomic E-state index is 12.2. The summed E-state index contributed by atoms with van der Waals surface area (Å²) in [7, 11) is 0. The van der Waals surface area contributed by atoms with E-state index in [1.807, 2.05) is 0 Å². The number of hydrogen-bond donors (Lipinski definition) is 1. The van der Waals surface area contributed by atoms with Crippen molar-refractivity contribution in [1.29, 1.82) is 0 Å². The van der Waals surface area contributed by atoms with E-state index in [1.54, 1.807) is 4.90 Å². The summed E-state index contributed by atoms with van der Waals surface area (Å²) in [5, 5.41) is 2.98. The standard InChI is InChI=1S/C16H26N2O2S2/c1-2-3-4-12-5-7-13(8-6-12)15(20)17-9-10-18-14(19)11-22-16(18)21/h12-13H,2-11H2,1H3,(H,17,20). The second-order valence-electron chi connectivity index (χ2n) is 6.25. The summed E-state index contributed by atoms with van der Waals surface area (Å²) >= 11 is 6.53. The van der Waals surface area contributed by atoms with Crippen LogP contribution in [0.2, 0.25) is 0 Å². The number of nitrogens with one attached hydrogen (secondary N) is 1. The molecule has 2 amide bonds. The van der Waals surface area contributed by atoms with Gasteiger partial charge in [-0.3, -0.25) is 14.5 Å². The van der Waals surface area contributed by atoms with Gasteiger partial charge >= 0.3 is 0 Å². The van der Waals surface area contributed by atoms with Gasteiger partial charge in [-0.15, -0.1) is 0 Å². The zero-order valence-corrected chi connectivity index (χ0v) is 14.9. The number of carbonyl (C=O) groups is 2. The third-order valence-electron chi connectivity index (χ3n) is 4.66. The number of amides is 2. The summed E-state index contributed by atoms with van der Waals surface area (Å²) in [5.74, 6) is 1.63. The van der Waals surface area contributed by atoms with Crippen LogP contribution >= 0.6 is 24.0 Å². The zero-order valence-electron chi connectivity index (χ0n) is 13.3. The molecule has 2 aliphatic rings. The fourth-order valence-corrected chi connectivity index (χ4v) is 4.36. The lowest BCUT2D eigenvalue weighted by atomic mass is 9.79. The fourth-order valence-electron chi connectivity index (χ4n) is 3.24. The third-order valence-corrected chi connectivity index (χ3v) is 6.09. The van der Waals surface area contributed by atoms with Crippen LogP contribution in [0.4, 0.5) is 0 Å². The molecule has 1 N–H and O–H groups in total. The Morgan fingerprint density at radius 2 is 2.09 bits per heavy atom. The highest BCUT2D eigenvalue weighted by Gasteiger charge is 2.28. The number of rotatable bonds is 7. The van der Waals surface area contributed by atoms with Crippen molar-refractivity contribution in [2.75, 3.05) is 18.8 Å². The molecule has 0 aromatic heterocycles. The molecule has 0 unspecified atom stereocenters. The molecular weight excluding hydrogens is 316 g/mol. The molecule has 0 atom stereocenters. The van der Waals surface area contributed by atoms with Crippen molar-refractivity contribution in [3.63, 3.8) is 0 Å². The fraction of sp³-hybridized carbons (Fsp3) is 0.812. The van der Waals surface area contributed by atoms with Gasteiger partial charge in [0.1, 0.15) is 4.32 Å². The van der Waals surface area contributed by atoms with Gasteiger partial charge in [0.2, 0.25) is 11.8 Å². The number of carbonyl (C=O) groups excluding carboxylic acids is 2. The maximum atomic E-state index is 12.2. The maximum Gasteiger partial charge on any atom is 0.238 e. The van der Waals surface area contributed by atoms with Crippen LogP contribution in [0, 0.1) is 11.8 Å². The van der Waals surface area contributed by atoms with Crippen molar-refractivity contribution in [2.24, 2.45) is 11.8 Å². The van der Waals surface area contributed by atoms with Gasteiger partial charge in [-0.05, 0) is 31.6 Å². The normalized spacial score (nSPS) is 25.6. The van der Waals surface area contributed by atoms with Gasteiger partial charge in [0, 0.05) is 19.0 Å². The second kappa shape index (κ2) is 8.87. The number of hydrogen-bond acceptors (Lipinski definition) is 4. The molecule has 0 aromatic rings. The summed E-state index contributed by atoms with van der Waals surface area (Å²) in [4.78, 5) is 25.4. The average Bonchev–Trinajstić information content (AvgIpc) is 2.85. The molecule has 1 aliphatic carbocycles. The first-order valence-electron chi connectivity index (χ1n) is 8.36. The quantitative estimate of drug-likeness (QED) is 0.723. The Morgan fingerprint density at radius 3 is 2.68 bits per heavy atom. The minimum atomic E-state index is 0.0562. The highest BCUT2D eigenvalue weighted by Crippen LogP contribution is 2.31. The Bertz CT molecular complexity index is 404. The number of thioether (sulfide) groups is 1. The molecule has 22 heavy (non-hydrogen) atoms. The van der Waals surface area contributed by atoms with Gasteiger partial charge in [0.05, 0.1) is 5.75 Å².